The quantitative estimate of drug-likeness (QED) is 0.772. The first-order valence-corrected chi connectivity index (χ1v) is 6.73. The maximum absolute atomic E-state index is 11.0. The van der Waals surface area contributed by atoms with Crippen LogP contribution in [0.5, 0.6) is 0 Å². The molecule has 1 saturated carbocycles. The van der Waals surface area contributed by atoms with E-state index in [1.165, 1.54) is 12.3 Å². The average Bonchev–Trinajstić information content (AvgIpc) is 2.84. The van der Waals surface area contributed by atoms with Crippen LogP contribution in [-0.2, 0) is 0 Å². The molecular formula is C13H17ClN2O3. The summed E-state index contributed by atoms with van der Waals surface area (Å²) >= 11 is 5.76. The number of carboxylic acid groups (broad SMARTS) is 1. The van der Waals surface area contributed by atoms with Gasteiger partial charge >= 0.3 is 5.97 Å². The molecule has 1 heterocycles. The predicted molar refractivity (Wildman–Crippen MR) is 72.6 cm³/mol. The molecule has 0 saturated heterocycles. The van der Waals surface area contributed by atoms with Crippen LogP contribution in [0.2, 0.25) is 5.02 Å². The van der Waals surface area contributed by atoms with Crippen molar-refractivity contribution >= 4 is 23.4 Å². The van der Waals surface area contributed by atoms with Gasteiger partial charge in [0.05, 0.1) is 10.6 Å². The van der Waals surface area contributed by atoms with Crippen molar-refractivity contribution in [2.24, 2.45) is 11.8 Å². The number of hydrogen-bond donors (Lipinski definition) is 3. The fourth-order valence-electron chi connectivity index (χ4n) is 2.56. The van der Waals surface area contributed by atoms with Crippen molar-refractivity contribution in [3.63, 3.8) is 0 Å². The predicted octanol–water partition coefficient (Wildman–Crippen LogP) is 2.25. The fraction of sp³-hybridized carbons (Fsp3) is 0.538. The summed E-state index contributed by atoms with van der Waals surface area (Å²) in [6.45, 7) is 0.902. The number of aliphatic hydroxyl groups excluding tert-OH is 1. The number of aromatic carboxylic acids is 1. The monoisotopic (exact) mass is 284 g/mol. The molecule has 2 rings (SSSR count). The summed E-state index contributed by atoms with van der Waals surface area (Å²) in [7, 11) is 0. The molecule has 5 nitrogen and oxygen atoms in total. The third kappa shape index (κ3) is 3.36. The zero-order chi connectivity index (χ0) is 13.8. The molecule has 1 aromatic rings. The van der Waals surface area contributed by atoms with E-state index in [1.807, 2.05) is 0 Å². The number of anilines is 1. The molecule has 0 aromatic carbocycles. The first-order valence-electron chi connectivity index (χ1n) is 6.35. The molecule has 1 aliphatic carbocycles. The molecule has 19 heavy (non-hydrogen) atoms. The van der Waals surface area contributed by atoms with Gasteiger partial charge in [0.1, 0.15) is 5.82 Å². The summed E-state index contributed by atoms with van der Waals surface area (Å²) < 4.78 is 0. The van der Waals surface area contributed by atoms with Crippen LogP contribution >= 0.6 is 11.6 Å². The summed E-state index contributed by atoms with van der Waals surface area (Å²) in [5.41, 5.74) is 0.0456. The summed E-state index contributed by atoms with van der Waals surface area (Å²) in [5.74, 6) is 0.185. The molecule has 0 bridgehead atoms. The van der Waals surface area contributed by atoms with Gasteiger partial charge in [-0.05, 0) is 30.7 Å². The van der Waals surface area contributed by atoms with Gasteiger partial charge in [0.25, 0.3) is 0 Å². The number of nitrogens with zero attached hydrogens (tertiary/aromatic N) is 1. The lowest BCUT2D eigenvalue weighted by Crippen LogP contribution is -2.21. The lowest BCUT2D eigenvalue weighted by Gasteiger charge is -2.18. The molecule has 2 unspecified atom stereocenters. The number of nitrogens with one attached hydrogen (secondary N) is 1. The van der Waals surface area contributed by atoms with E-state index in [2.05, 4.69) is 10.3 Å². The first kappa shape index (κ1) is 14.1. The van der Waals surface area contributed by atoms with Crippen molar-refractivity contribution in [3.8, 4) is 0 Å². The zero-order valence-corrected chi connectivity index (χ0v) is 11.2. The highest BCUT2D eigenvalue weighted by atomic mass is 35.5. The second-order valence-corrected chi connectivity index (χ2v) is 5.28. The van der Waals surface area contributed by atoms with Crippen LogP contribution in [0.15, 0.2) is 12.3 Å². The minimum absolute atomic E-state index is 0.0456. The van der Waals surface area contributed by atoms with Gasteiger partial charge in [-0.1, -0.05) is 18.0 Å². The van der Waals surface area contributed by atoms with E-state index in [0.29, 0.717) is 24.2 Å². The Kier molecular flexibility index (Phi) is 4.61. The highest BCUT2D eigenvalue weighted by molar-refractivity contribution is 6.33. The molecule has 1 aromatic heterocycles. The number of hydrogen-bond acceptors (Lipinski definition) is 4. The van der Waals surface area contributed by atoms with E-state index in [4.69, 9.17) is 16.7 Å². The van der Waals surface area contributed by atoms with Crippen molar-refractivity contribution in [2.75, 3.05) is 18.5 Å². The van der Waals surface area contributed by atoms with Crippen molar-refractivity contribution in [2.45, 2.75) is 19.3 Å². The summed E-state index contributed by atoms with van der Waals surface area (Å²) in [5, 5.41) is 21.5. The van der Waals surface area contributed by atoms with E-state index in [1.54, 1.807) is 0 Å². The molecule has 0 radical (unpaired) electrons. The van der Waals surface area contributed by atoms with Gasteiger partial charge in [0.2, 0.25) is 0 Å². The van der Waals surface area contributed by atoms with E-state index in [-0.39, 0.29) is 17.2 Å². The topological polar surface area (TPSA) is 82.5 Å². The molecular weight excluding hydrogens is 268 g/mol. The smallest absolute Gasteiger partial charge is 0.337 e. The SMILES string of the molecule is O=C(O)c1cc(NCC2CCCC2CO)ncc1Cl. The van der Waals surface area contributed by atoms with Crippen LogP contribution in [0.1, 0.15) is 29.6 Å². The normalized spacial score (nSPS) is 22.4. The maximum atomic E-state index is 11.0. The molecule has 1 fully saturated rings. The summed E-state index contributed by atoms with van der Waals surface area (Å²) in [6, 6.07) is 1.44. The maximum Gasteiger partial charge on any atom is 0.337 e. The Morgan fingerprint density at radius 2 is 2.21 bits per heavy atom. The van der Waals surface area contributed by atoms with Crippen molar-refractivity contribution in [3.05, 3.63) is 22.8 Å². The summed E-state index contributed by atoms with van der Waals surface area (Å²) in [4.78, 5) is 15.0. The number of halogens is 1. The molecule has 6 heteroatoms. The van der Waals surface area contributed by atoms with Crippen LogP contribution in [0.4, 0.5) is 5.82 Å². The van der Waals surface area contributed by atoms with Crippen molar-refractivity contribution in [1.29, 1.82) is 0 Å². The summed E-state index contributed by atoms with van der Waals surface area (Å²) in [6.07, 6.45) is 4.60. The Morgan fingerprint density at radius 3 is 2.89 bits per heavy atom. The van der Waals surface area contributed by atoms with Crippen LogP contribution in [0.25, 0.3) is 0 Å². The van der Waals surface area contributed by atoms with E-state index < -0.39 is 5.97 Å². The lowest BCUT2D eigenvalue weighted by molar-refractivity contribution is 0.0697. The molecule has 3 N–H and O–H groups in total. The molecule has 2 atom stereocenters. The number of carboxylic acids is 1. The van der Waals surface area contributed by atoms with Gasteiger partial charge in [-0.3, -0.25) is 0 Å². The standard InChI is InChI=1S/C13H17ClN2O3/c14-11-6-16-12(4-10(11)13(18)19)15-5-8-2-1-3-9(8)7-17/h4,6,8-9,17H,1-3,5,7H2,(H,15,16)(H,18,19). The van der Waals surface area contributed by atoms with Gasteiger partial charge < -0.3 is 15.5 Å². The Hall–Kier alpha value is -1.33. The van der Waals surface area contributed by atoms with Crippen LogP contribution in [0, 0.1) is 11.8 Å². The largest absolute Gasteiger partial charge is 0.478 e. The zero-order valence-electron chi connectivity index (χ0n) is 10.5. The van der Waals surface area contributed by atoms with Crippen molar-refractivity contribution in [1.82, 2.24) is 4.98 Å². The molecule has 1 aliphatic rings. The van der Waals surface area contributed by atoms with Crippen LogP contribution in [0.3, 0.4) is 0 Å². The number of aliphatic hydroxyl groups is 1. The molecule has 0 spiro atoms. The molecule has 104 valence electrons. The molecule has 0 aliphatic heterocycles. The highest BCUT2D eigenvalue weighted by Gasteiger charge is 2.26. The van der Waals surface area contributed by atoms with Gasteiger partial charge in [-0.2, -0.15) is 0 Å². The second-order valence-electron chi connectivity index (χ2n) is 4.87. The third-order valence-electron chi connectivity index (χ3n) is 3.68. The van der Waals surface area contributed by atoms with Gasteiger partial charge in [-0.15, -0.1) is 0 Å². The molecule has 0 amide bonds. The Bertz CT molecular complexity index is 467. The number of carbonyl (C=O) groups is 1. The second kappa shape index (κ2) is 6.21. The Balaban J connectivity index is 2.00. The lowest BCUT2D eigenvalue weighted by atomic mass is 9.97. The van der Waals surface area contributed by atoms with Gasteiger partial charge in [0.15, 0.2) is 0 Å². The highest BCUT2D eigenvalue weighted by Crippen LogP contribution is 2.31. The minimum atomic E-state index is -1.07. The fourth-order valence-corrected chi connectivity index (χ4v) is 2.74. The number of pyridine rings is 1. The van der Waals surface area contributed by atoms with Crippen LogP contribution < -0.4 is 5.32 Å². The van der Waals surface area contributed by atoms with E-state index in [9.17, 15) is 9.90 Å². The van der Waals surface area contributed by atoms with Gasteiger partial charge in [0, 0.05) is 19.3 Å². The average molecular weight is 285 g/mol. The van der Waals surface area contributed by atoms with E-state index >= 15 is 0 Å². The number of aromatic nitrogens is 1. The third-order valence-corrected chi connectivity index (χ3v) is 3.98. The Labute approximate surface area is 116 Å². The van der Waals surface area contributed by atoms with E-state index in [0.717, 1.165) is 19.3 Å². The van der Waals surface area contributed by atoms with Crippen molar-refractivity contribution < 1.29 is 15.0 Å². The number of rotatable bonds is 5. The minimum Gasteiger partial charge on any atom is -0.478 e. The van der Waals surface area contributed by atoms with Crippen LogP contribution in [-0.4, -0.2) is 34.3 Å². The Morgan fingerprint density at radius 1 is 1.47 bits per heavy atom. The first-order chi connectivity index (χ1) is 9.11. The van der Waals surface area contributed by atoms with Gasteiger partial charge in [-0.25, -0.2) is 9.78 Å².